The predicted octanol–water partition coefficient (Wildman–Crippen LogP) is 1.56. The lowest BCUT2D eigenvalue weighted by Crippen LogP contribution is -2.19. The maximum Gasteiger partial charge on any atom is 0.332 e. The topological polar surface area (TPSA) is 79.6 Å². The molecule has 0 aliphatic heterocycles. The summed E-state index contributed by atoms with van der Waals surface area (Å²) in [6.45, 7) is 1.60. The Balaban J connectivity index is 2.74. The van der Waals surface area contributed by atoms with Gasteiger partial charge in [-0.15, -0.1) is 0 Å². The summed E-state index contributed by atoms with van der Waals surface area (Å²) in [6.07, 6.45) is -0.873. The molecule has 0 fully saturated rings. The first kappa shape index (κ1) is 13.0. The van der Waals surface area contributed by atoms with Crippen LogP contribution >= 0.6 is 0 Å². The quantitative estimate of drug-likeness (QED) is 0.837. The molecule has 0 bridgehead atoms. The minimum atomic E-state index is -1.01. The molecular weight excluding hydrogens is 222 g/mol. The van der Waals surface area contributed by atoms with Crippen LogP contribution in [0.4, 0.5) is 0 Å². The Hall–Kier alpha value is -2.06. The van der Waals surface area contributed by atoms with E-state index < -0.39 is 12.1 Å². The van der Waals surface area contributed by atoms with Crippen LogP contribution in [0.1, 0.15) is 18.1 Å². The van der Waals surface area contributed by atoms with E-state index in [1.807, 2.05) is 6.07 Å². The van der Waals surface area contributed by atoms with Gasteiger partial charge in [-0.1, -0.05) is 6.07 Å². The van der Waals surface area contributed by atoms with Crippen LogP contribution in [-0.4, -0.2) is 24.3 Å². The molecule has 90 valence electrons. The van der Waals surface area contributed by atoms with Crippen molar-refractivity contribution in [2.45, 2.75) is 19.6 Å². The third-order valence-electron chi connectivity index (χ3n) is 2.23. The molecule has 1 aromatic carbocycles. The van der Waals surface area contributed by atoms with E-state index in [-0.39, 0.29) is 6.61 Å². The zero-order valence-electron chi connectivity index (χ0n) is 9.64. The first-order valence-electron chi connectivity index (χ1n) is 5.00. The Labute approximate surface area is 99.2 Å². The van der Waals surface area contributed by atoms with Crippen LogP contribution in [0.5, 0.6) is 5.75 Å². The first-order chi connectivity index (χ1) is 8.08. The van der Waals surface area contributed by atoms with Gasteiger partial charge in [0.15, 0.2) is 6.10 Å². The van der Waals surface area contributed by atoms with Gasteiger partial charge in [0.25, 0.3) is 0 Å². The highest BCUT2D eigenvalue weighted by atomic mass is 16.5. The summed E-state index contributed by atoms with van der Waals surface area (Å²) in [7, 11) is 1.48. The Morgan fingerprint density at radius 1 is 1.59 bits per heavy atom. The highest BCUT2D eigenvalue weighted by Gasteiger charge is 2.11. The summed E-state index contributed by atoms with van der Waals surface area (Å²) in [5.74, 6) is -0.526. The minimum absolute atomic E-state index is 0.145. The summed E-state index contributed by atoms with van der Waals surface area (Å²) in [6, 6.07) is 7.00. The van der Waals surface area contributed by atoms with Crippen molar-refractivity contribution in [1.82, 2.24) is 0 Å². The number of aliphatic carboxylic acids is 1. The van der Waals surface area contributed by atoms with E-state index in [0.717, 1.165) is 5.56 Å². The van der Waals surface area contributed by atoms with E-state index in [1.54, 1.807) is 18.2 Å². The molecule has 0 radical (unpaired) electrons. The molecule has 17 heavy (non-hydrogen) atoms. The smallest absolute Gasteiger partial charge is 0.332 e. The normalized spacial score (nSPS) is 11.6. The van der Waals surface area contributed by atoms with Gasteiger partial charge in [0.05, 0.1) is 19.3 Å². The number of methoxy groups -OCH3 is 1. The lowest BCUT2D eigenvalue weighted by molar-refractivity contribution is -0.149. The highest BCUT2D eigenvalue weighted by Crippen LogP contribution is 2.19. The second-order valence-corrected chi connectivity index (χ2v) is 3.44. The average Bonchev–Trinajstić information content (AvgIpc) is 2.35. The maximum atomic E-state index is 10.5. The molecule has 1 rings (SSSR count). The van der Waals surface area contributed by atoms with Gasteiger partial charge in [-0.25, -0.2) is 4.79 Å². The molecular formula is C12H13NO4. The summed E-state index contributed by atoms with van der Waals surface area (Å²) in [5, 5.41) is 17.5. The van der Waals surface area contributed by atoms with Crippen LogP contribution in [0.15, 0.2) is 18.2 Å². The zero-order valence-corrected chi connectivity index (χ0v) is 9.64. The monoisotopic (exact) mass is 235 g/mol. The van der Waals surface area contributed by atoms with E-state index >= 15 is 0 Å². The Morgan fingerprint density at radius 2 is 2.29 bits per heavy atom. The molecule has 0 aromatic heterocycles. The van der Waals surface area contributed by atoms with Crippen molar-refractivity contribution in [1.29, 1.82) is 5.26 Å². The number of rotatable bonds is 5. The molecule has 5 heteroatoms. The molecule has 1 atom stereocenters. The number of benzene rings is 1. The predicted molar refractivity (Wildman–Crippen MR) is 59.6 cm³/mol. The molecule has 5 nitrogen and oxygen atoms in total. The average molecular weight is 235 g/mol. The molecule has 0 saturated carbocycles. The fourth-order valence-corrected chi connectivity index (χ4v) is 1.22. The van der Waals surface area contributed by atoms with Gasteiger partial charge >= 0.3 is 5.97 Å². The maximum absolute atomic E-state index is 10.5. The van der Waals surface area contributed by atoms with Crippen LogP contribution in [0.2, 0.25) is 0 Å². The first-order valence-corrected chi connectivity index (χ1v) is 5.00. The van der Waals surface area contributed by atoms with Crippen molar-refractivity contribution in [3.8, 4) is 11.8 Å². The SMILES string of the molecule is COc1ccc(COC(C)C(=O)O)cc1C#N. The van der Waals surface area contributed by atoms with Gasteiger partial charge < -0.3 is 14.6 Å². The number of carboxylic acids is 1. The van der Waals surface area contributed by atoms with Gasteiger partial charge in [0.2, 0.25) is 0 Å². The molecule has 0 heterocycles. The largest absolute Gasteiger partial charge is 0.495 e. The van der Waals surface area contributed by atoms with Crippen molar-refractivity contribution in [2.75, 3.05) is 7.11 Å². The van der Waals surface area contributed by atoms with Gasteiger partial charge in [0, 0.05) is 0 Å². The third kappa shape index (κ3) is 3.47. The lowest BCUT2D eigenvalue weighted by atomic mass is 10.1. The van der Waals surface area contributed by atoms with Gasteiger partial charge in [-0.3, -0.25) is 0 Å². The number of carbonyl (C=O) groups is 1. The molecule has 1 N–H and O–H groups in total. The fourth-order valence-electron chi connectivity index (χ4n) is 1.22. The number of carboxylic acid groups (broad SMARTS) is 1. The second kappa shape index (κ2) is 5.87. The molecule has 0 saturated heterocycles. The van der Waals surface area contributed by atoms with Crippen molar-refractivity contribution in [3.63, 3.8) is 0 Å². The lowest BCUT2D eigenvalue weighted by Gasteiger charge is -2.09. The van der Waals surface area contributed by atoms with E-state index in [9.17, 15) is 4.79 Å². The van der Waals surface area contributed by atoms with Crippen molar-refractivity contribution in [2.24, 2.45) is 0 Å². The summed E-state index contributed by atoms with van der Waals surface area (Å²) < 4.78 is 10.1. The summed E-state index contributed by atoms with van der Waals surface area (Å²) >= 11 is 0. The Kier molecular flexibility index (Phi) is 4.49. The second-order valence-electron chi connectivity index (χ2n) is 3.44. The number of hydrogen-bond donors (Lipinski definition) is 1. The van der Waals surface area contributed by atoms with Crippen LogP contribution in [-0.2, 0) is 16.1 Å². The van der Waals surface area contributed by atoms with Crippen LogP contribution in [0.25, 0.3) is 0 Å². The molecule has 0 aliphatic carbocycles. The van der Waals surface area contributed by atoms with Gasteiger partial charge in [0.1, 0.15) is 11.8 Å². The van der Waals surface area contributed by atoms with Crippen LogP contribution < -0.4 is 4.74 Å². The fraction of sp³-hybridized carbons (Fsp3) is 0.333. The van der Waals surface area contributed by atoms with E-state index in [0.29, 0.717) is 11.3 Å². The van der Waals surface area contributed by atoms with Crippen molar-refractivity contribution < 1.29 is 19.4 Å². The molecule has 0 amide bonds. The van der Waals surface area contributed by atoms with Crippen molar-refractivity contribution in [3.05, 3.63) is 29.3 Å². The van der Waals surface area contributed by atoms with E-state index in [2.05, 4.69) is 0 Å². The summed E-state index contributed by atoms with van der Waals surface area (Å²) in [5.41, 5.74) is 1.13. The molecule has 1 unspecified atom stereocenters. The number of nitrogens with zero attached hydrogens (tertiary/aromatic N) is 1. The third-order valence-corrected chi connectivity index (χ3v) is 2.23. The Bertz CT molecular complexity index is 450. The summed E-state index contributed by atoms with van der Waals surface area (Å²) in [4.78, 5) is 10.5. The van der Waals surface area contributed by atoms with Gasteiger partial charge in [-0.05, 0) is 24.6 Å². The standard InChI is InChI=1S/C12H13NO4/c1-8(12(14)15)17-7-9-3-4-11(16-2)10(5-9)6-13/h3-5,8H,7H2,1-2H3,(H,14,15). The Morgan fingerprint density at radius 3 is 2.82 bits per heavy atom. The zero-order chi connectivity index (χ0) is 12.8. The van der Waals surface area contributed by atoms with E-state index in [4.69, 9.17) is 19.8 Å². The number of hydrogen-bond acceptors (Lipinski definition) is 4. The highest BCUT2D eigenvalue weighted by molar-refractivity contribution is 5.71. The molecule has 0 aliphatic rings. The number of ether oxygens (including phenoxy) is 2. The van der Waals surface area contributed by atoms with Gasteiger partial charge in [-0.2, -0.15) is 5.26 Å². The number of nitriles is 1. The van der Waals surface area contributed by atoms with E-state index in [1.165, 1.54) is 14.0 Å². The van der Waals surface area contributed by atoms with Crippen molar-refractivity contribution >= 4 is 5.97 Å². The molecule has 0 spiro atoms. The van der Waals surface area contributed by atoms with Crippen LogP contribution in [0.3, 0.4) is 0 Å². The van der Waals surface area contributed by atoms with Crippen LogP contribution in [0, 0.1) is 11.3 Å². The minimum Gasteiger partial charge on any atom is -0.495 e. The molecule has 1 aromatic rings.